The molecule has 0 radical (unpaired) electrons. The van der Waals surface area contributed by atoms with Crippen molar-refractivity contribution >= 4 is 28.6 Å². The maximum Gasteiger partial charge on any atom is 0.310 e. The third-order valence-corrected chi connectivity index (χ3v) is 6.13. The molecule has 2 rings (SSSR count). The van der Waals surface area contributed by atoms with Gasteiger partial charge in [0.1, 0.15) is 0 Å². The Balaban J connectivity index is 2.35. The zero-order valence-corrected chi connectivity index (χ0v) is 17.5. The van der Waals surface area contributed by atoms with Crippen molar-refractivity contribution in [3.63, 3.8) is 0 Å². The predicted molar refractivity (Wildman–Crippen MR) is 107 cm³/mol. The van der Waals surface area contributed by atoms with Crippen molar-refractivity contribution in [1.82, 2.24) is 4.90 Å². The highest BCUT2D eigenvalue weighted by molar-refractivity contribution is 14.1. The van der Waals surface area contributed by atoms with E-state index in [1.807, 2.05) is 0 Å². The summed E-state index contributed by atoms with van der Waals surface area (Å²) in [5.41, 5.74) is 1.20. The van der Waals surface area contributed by atoms with Crippen LogP contribution in [0.15, 0.2) is 24.3 Å². The molecule has 1 aliphatic rings. The molecule has 0 amide bonds. The van der Waals surface area contributed by atoms with Gasteiger partial charge in [0.25, 0.3) is 0 Å². The first-order chi connectivity index (χ1) is 12.0. The number of methoxy groups -OCH3 is 1. The number of piperidine rings is 1. The van der Waals surface area contributed by atoms with Crippen molar-refractivity contribution in [3.8, 4) is 0 Å². The van der Waals surface area contributed by atoms with E-state index in [2.05, 4.69) is 65.6 Å². The van der Waals surface area contributed by atoms with E-state index >= 15 is 0 Å². The van der Waals surface area contributed by atoms with E-state index in [-0.39, 0.29) is 30.5 Å². The van der Waals surface area contributed by atoms with Crippen LogP contribution >= 0.6 is 22.6 Å². The minimum Gasteiger partial charge on any atom is -0.469 e. The average molecular weight is 461 g/mol. The molecule has 4 atom stereocenters. The molecule has 3 nitrogen and oxygen atoms in total. The van der Waals surface area contributed by atoms with Crippen LogP contribution in [0.3, 0.4) is 0 Å². The van der Waals surface area contributed by atoms with Crippen LogP contribution in [0, 0.1) is 9.49 Å². The Morgan fingerprint density at radius 3 is 2.60 bits per heavy atom. The summed E-state index contributed by atoms with van der Waals surface area (Å²) in [6.45, 7) is 4.67. The van der Waals surface area contributed by atoms with Crippen LogP contribution < -0.4 is 0 Å². The summed E-state index contributed by atoms with van der Waals surface area (Å²) >= 11 is 2.30. The number of esters is 1. The molecule has 0 aromatic heterocycles. The molecular formula is C20H29FINO2. The molecule has 1 heterocycles. The lowest BCUT2D eigenvalue weighted by Gasteiger charge is -2.48. The van der Waals surface area contributed by atoms with Crippen LogP contribution in [0.1, 0.15) is 51.0 Å². The second kappa shape index (κ2) is 9.86. The first kappa shape index (κ1) is 20.6. The van der Waals surface area contributed by atoms with E-state index in [4.69, 9.17) is 4.74 Å². The summed E-state index contributed by atoms with van der Waals surface area (Å²) in [6, 6.07) is 8.90. The van der Waals surface area contributed by atoms with E-state index in [1.165, 1.54) is 16.2 Å². The van der Waals surface area contributed by atoms with E-state index in [1.54, 1.807) is 0 Å². The van der Waals surface area contributed by atoms with Crippen molar-refractivity contribution in [2.24, 2.45) is 5.92 Å². The standard InChI is InChI=1S/C20H29FINO2/c1-4-6-17-13-18(15-7-9-16(22)10-8-15)19(20(24)25-3)14(2)23(17)12-5-11-21/h7-10,14,17-19H,4-6,11-13H2,1-3H3. The molecule has 1 aromatic rings. The molecular weight excluding hydrogens is 432 g/mol. The maximum absolute atomic E-state index is 12.8. The lowest BCUT2D eigenvalue weighted by molar-refractivity contribution is -0.152. The fourth-order valence-corrected chi connectivity index (χ4v) is 4.61. The zero-order chi connectivity index (χ0) is 18.4. The van der Waals surface area contributed by atoms with Crippen LogP contribution in [0.4, 0.5) is 4.39 Å². The second-order valence-corrected chi connectivity index (χ2v) is 8.15. The molecule has 0 aliphatic carbocycles. The molecule has 0 saturated carbocycles. The molecule has 1 fully saturated rings. The number of nitrogens with zero attached hydrogens (tertiary/aromatic N) is 1. The third-order valence-electron chi connectivity index (χ3n) is 5.41. The minimum absolute atomic E-state index is 0.0496. The normalized spacial score (nSPS) is 27.2. The van der Waals surface area contributed by atoms with Gasteiger partial charge in [0.05, 0.1) is 19.7 Å². The predicted octanol–water partition coefficient (Wildman–Crippen LogP) is 4.79. The maximum atomic E-state index is 12.8. The summed E-state index contributed by atoms with van der Waals surface area (Å²) in [6.07, 6.45) is 3.61. The van der Waals surface area contributed by atoms with Crippen LogP contribution in [-0.4, -0.2) is 43.3 Å². The number of hydrogen-bond donors (Lipinski definition) is 0. The first-order valence-electron chi connectivity index (χ1n) is 9.18. The number of ether oxygens (including phenoxy) is 1. The Morgan fingerprint density at radius 2 is 2.04 bits per heavy atom. The Hall–Kier alpha value is -0.690. The lowest BCUT2D eigenvalue weighted by atomic mass is 9.72. The largest absolute Gasteiger partial charge is 0.469 e. The van der Waals surface area contributed by atoms with Gasteiger partial charge in [-0.15, -0.1) is 0 Å². The monoisotopic (exact) mass is 461 g/mol. The van der Waals surface area contributed by atoms with Gasteiger partial charge in [-0.3, -0.25) is 14.1 Å². The number of rotatable bonds is 7. The summed E-state index contributed by atoms with van der Waals surface area (Å²) in [4.78, 5) is 14.9. The highest BCUT2D eigenvalue weighted by Gasteiger charge is 2.44. The van der Waals surface area contributed by atoms with Gasteiger partial charge in [0.2, 0.25) is 0 Å². The van der Waals surface area contributed by atoms with Gasteiger partial charge in [0, 0.05) is 28.1 Å². The Bertz CT molecular complexity index is 551. The lowest BCUT2D eigenvalue weighted by Crippen LogP contribution is -2.55. The average Bonchev–Trinajstić information content (AvgIpc) is 2.61. The number of carbonyl (C=O) groups is 1. The van der Waals surface area contributed by atoms with Crippen LogP contribution in [0.5, 0.6) is 0 Å². The summed E-state index contributed by atoms with van der Waals surface area (Å²) < 4.78 is 19.1. The quantitative estimate of drug-likeness (QED) is 0.432. The van der Waals surface area contributed by atoms with Gasteiger partial charge in [0.15, 0.2) is 0 Å². The molecule has 0 bridgehead atoms. The van der Waals surface area contributed by atoms with Gasteiger partial charge >= 0.3 is 5.97 Å². The number of benzene rings is 1. The Morgan fingerprint density at radius 1 is 1.36 bits per heavy atom. The summed E-state index contributed by atoms with van der Waals surface area (Å²) in [5, 5.41) is 0. The number of carbonyl (C=O) groups excluding carboxylic acids is 1. The fourth-order valence-electron chi connectivity index (χ4n) is 4.25. The number of halogens is 2. The fraction of sp³-hybridized carbons (Fsp3) is 0.650. The first-order valence-corrected chi connectivity index (χ1v) is 10.3. The molecule has 1 aliphatic heterocycles. The molecule has 0 spiro atoms. The van der Waals surface area contributed by atoms with Crippen LogP contribution in [0.25, 0.3) is 0 Å². The van der Waals surface area contributed by atoms with Gasteiger partial charge in [-0.1, -0.05) is 25.5 Å². The van der Waals surface area contributed by atoms with E-state index in [0.29, 0.717) is 19.0 Å². The number of likely N-dealkylation sites (tertiary alicyclic amines) is 1. The topological polar surface area (TPSA) is 29.5 Å². The van der Waals surface area contributed by atoms with E-state index in [0.717, 1.165) is 19.3 Å². The van der Waals surface area contributed by atoms with Gasteiger partial charge in [-0.2, -0.15) is 0 Å². The highest BCUT2D eigenvalue weighted by Crippen LogP contribution is 2.41. The van der Waals surface area contributed by atoms with Gasteiger partial charge < -0.3 is 4.74 Å². The van der Waals surface area contributed by atoms with Gasteiger partial charge in [-0.05, 0) is 66.5 Å². The molecule has 0 N–H and O–H groups in total. The molecule has 5 heteroatoms. The SMILES string of the molecule is CCCC1CC(c2ccc(I)cc2)C(C(=O)OC)C(C)N1CCCF. The van der Waals surface area contributed by atoms with Crippen molar-refractivity contribution in [1.29, 1.82) is 0 Å². The third kappa shape index (κ3) is 4.94. The van der Waals surface area contributed by atoms with Crippen molar-refractivity contribution < 1.29 is 13.9 Å². The van der Waals surface area contributed by atoms with Crippen molar-refractivity contribution in [3.05, 3.63) is 33.4 Å². The van der Waals surface area contributed by atoms with E-state index < -0.39 is 0 Å². The second-order valence-electron chi connectivity index (χ2n) is 6.91. The zero-order valence-electron chi connectivity index (χ0n) is 15.4. The molecule has 25 heavy (non-hydrogen) atoms. The Kier molecular flexibility index (Phi) is 8.13. The van der Waals surface area contributed by atoms with Crippen molar-refractivity contribution in [2.45, 2.75) is 57.5 Å². The Labute approximate surface area is 164 Å². The molecule has 4 unspecified atom stereocenters. The highest BCUT2D eigenvalue weighted by atomic mass is 127. The van der Waals surface area contributed by atoms with Gasteiger partial charge in [-0.25, -0.2) is 0 Å². The number of hydrogen-bond acceptors (Lipinski definition) is 3. The summed E-state index contributed by atoms with van der Waals surface area (Å²) in [5.74, 6) is -0.216. The smallest absolute Gasteiger partial charge is 0.310 e. The van der Waals surface area contributed by atoms with Crippen LogP contribution in [0.2, 0.25) is 0 Å². The number of alkyl halides is 1. The summed E-state index contributed by atoms with van der Waals surface area (Å²) in [7, 11) is 1.46. The van der Waals surface area contributed by atoms with Crippen LogP contribution in [-0.2, 0) is 9.53 Å². The minimum atomic E-state index is -0.314. The van der Waals surface area contributed by atoms with Crippen molar-refractivity contribution in [2.75, 3.05) is 20.3 Å². The molecule has 1 aromatic carbocycles. The van der Waals surface area contributed by atoms with E-state index in [9.17, 15) is 9.18 Å². The molecule has 1 saturated heterocycles. The molecule has 140 valence electrons.